The predicted molar refractivity (Wildman–Crippen MR) is 110 cm³/mol. The number of amides is 1. The Morgan fingerprint density at radius 1 is 1.07 bits per heavy atom. The maximum absolute atomic E-state index is 12.8. The van der Waals surface area contributed by atoms with Gasteiger partial charge in [-0.25, -0.2) is 8.42 Å². The number of carbonyl (C=O) groups excluding carboxylic acids is 1. The van der Waals surface area contributed by atoms with Crippen molar-refractivity contribution < 1.29 is 17.9 Å². The molecule has 6 nitrogen and oxygen atoms in total. The van der Waals surface area contributed by atoms with Crippen molar-refractivity contribution in [2.45, 2.75) is 13.0 Å². The fourth-order valence-corrected chi connectivity index (χ4v) is 4.21. The number of benzene rings is 3. The first-order valence-electron chi connectivity index (χ1n) is 8.86. The van der Waals surface area contributed by atoms with Crippen LogP contribution in [0.4, 0.5) is 11.4 Å². The standard InChI is InChI=1S/C21H20N2O4S/c1-14-7-10-19-18(11-14)23(28(2,25)26)13-20(27-19)21(24)22-17-9-8-15-5-3-4-6-16(15)12-17/h3-12,20H,13H2,1-2H3,(H,22,24). The molecule has 0 radical (unpaired) electrons. The maximum atomic E-state index is 12.8. The topological polar surface area (TPSA) is 75.7 Å². The fourth-order valence-electron chi connectivity index (χ4n) is 3.30. The molecule has 1 amide bonds. The zero-order chi connectivity index (χ0) is 19.9. The highest BCUT2D eigenvalue weighted by Gasteiger charge is 2.35. The third-order valence-electron chi connectivity index (χ3n) is 4.69. The van der Waals surface area contributed by atoms with Crippen LogP contribution in [0.2, 0.25) is 0 Å². The lowest BCUT2D eigenvalue weighted by Crippen LogP contribution is -2.48. The van der Waals surface area contributed by atoms with E-state index in [1.165, 1.54) is 4.31 Å². The minimum Gasteiger partial charge on any atom is -0.476 e. The predicted octanol–water partition coefficient (Wildman–Crippen LogP) is 3.31. The molecule has 144 valence electrons. The molecule has 4 rings (SSSR count). The quantitative estimate of drug-likeness (QED) is 0.737. The van der Waals surface area contributed by atoms with E-state index in [4.69, 9.17) is 4.74 Å². The summed E-state index contributed by atoms with van der Waals surface area (Å²) in [7, 11) is -3.55. The van der Waals surface area contributed by atoms with Gasteiger partial charge >= 0.3 is 0 Å². The fraction of sp³-hybridized carbons (Fsp3) is 0.190. The molecule has 0 fully saturated rings. The van der Waals surface area contributed by atoms with Crippen LogP contribution in [0.3, 0.4) is 0 Å². The van der Waals surface area contributed by atoms with Gasteiger partial charge in [-0.05, 0) is 47.5 Å². The number of hydrogen-bond donors (Lipinski definition) is 1. The molecule has 28 heavy (non-hydrogen) atoms. The molecular formula is C21H20N2O4S. The molecular weight excluding hydrogens is 376 g/mol. The van der Waals surface area contributed by atoms with E-state index in [2.05, 4.69) is 5.32 Å². The zero-order valence-corrected chi connectivity index (χ0v) is 16.4. The van der Waals surface area contributed by atoms with Gasteiger partial charge in [0.1, 0.15) is 5.75 Å². The summed E-state index contributed by atoms with van der Waals surface area (Å²) in [4.78, 5) is 12.8. The van der Waals surface area contributed by atoms with Gasteiger partial charge < -0.3 is 10.1 Å². The van der Waals surface area contributed by atoms with E-state index >= 15 is 0 Å². The van der Waals surface area contributed by atoms with Crippen LogP contribution < -0.4 is 14.4 Å². The molecule has 0 aromatic heterocycles. The first-order valence-corrected chi connectivity index (χ1v) is 10.7. The van der Waals surface area contributed by atoms with Crippen LogP contribution >= 0.6 is 0 Å². The molecule has 3 aromatic carbocycles. The molecule has 0 aliphatic carbocycles. The van der Waals surface area contributed by atoms with Crippen LogP contribution in [0.1, 0.15) is 5.56 Å². The molecule has 1 unspecified atom stereocenters. The normalized spacial score (nSPS) is 16.4. The van der Waals surface area contributed by atoms with Crippen molar-refractivity contribution in [1.29, 1.82) is 0 Å². The Hall–Kier alpha value is -3.06. The number of hydrogen-bond acceptors (Lipinski definition) is 4. The van der Waals surface area contributed by atoms with E-state index in [0.717, 1.165) is 22.6 Å². The average molecular weight is 396 g/mol. The second-order valence-corrected chi connectivity index (χ2v) is 8.83. The first-order chi connectivity index (χ1) is 13.3. The summed E-state index contributed by atoms with van der Waals surface area (Å²) in [5.74, 6) is -0.0175. The highest BCUT2D eigenvalue weighted by Crippen LogP contribution is 2.36. The highest BCUT2D eigenvalue weighted by molar-refractivity contribution is 7.92. The molecule has 1 N–H and O–H groups in total. The number of carbonyl (C=O) groups is 1. The Bertz CT molecular complexity index is 1170. The van der Waals surface area contributed by atoms with E-state index in [9.17, 15) is 13.2 Å². The van der Waals surface area contributed by atoms with Crippen LogP contribution in [0.5, 0.6) is 5.75 Å². The number of rotatable bonds is 3. The van der Waals surface area contributed by atoms with Crippen LogP contribution in [-0.4, -0.2) is 33.2 Å². The van der Waals surface area contributed by atoms with Gasteiger partial charge in [-0.2, -0.15) is 0 Å². The number of ether oxygens (including phenoxy) is 1. The van der Waals surface area contributed by atoms with Crippen molar-refractivity contribution in [3.05, 3.63) is 66.2 Å². The van der Waals surface area contributed by atoms with Crippen LogP contribution in [0, 0.1) is 6.92 Å². The second kappa shape index (κ2) is 6.83. The summed E-state index contributed by atoms with van der Waals surface area (Å²) >= 11 is 0. The first kappa shape index (κ1) is 18.3. The Morgan fingerprint density at radius 2 is 1.82 bits per heavy atom. The number of nitrogens with zero attached hydrogens (tertiary/aromatic N) is 1. The number of nitrogens with one attached hydrogen (secondary N) is 1. The lowest BCUT2D eigenvalue weighted by molar-refractivity contribution is -0.122. The minimum atomic E-state index is -3.55. The molecule has 0 saturated heterocycles. The molecule has 1 aliphatic heterocycles. The molecule has 7 heteroatoms. The molecule has 0 spiro atoms. The SMILES string of the molecule is Cc1ccc2c(c1)N(S(C)(=O)=O)CC(C(=O)Nc1ccc3ccccc3c1)O2. The lowest BCUT2D eigenvalue weighted by atomic mass is 10.1. The maximum Gasteiger partial charge on any atom is 0.267 e. The molecule has 0 bridgehead atoms. The average Bonchev–Trinajstić information content (AvgIpc) is 2.66. The van der Waals surface area contributed by atoms with Crippen LogP contribution in [0.15, 0.2) is 60.7 Å². The van der Waals surface area contributed by atoms with Crippen molar-refractivity contribution in [2.75, 3.05) is 22.4 Å². The van der Waals surface area contributed by atoms with Crippen LogP contribution in [0.25, 0.3) is 10.8 Å². The molecule has 1 aliphatic rings. The number of anilines is 2. The number of fused-ring (bicyclic) bond motifs is 2. The molecule has 1 heterocycles. The van der Waals surface area contributed by atoms with Crippen molar-refractivity contribution in [2.24, 2.45) is 0 Å². The summed E-state index contributed by atoms with van der Waals surface area (Å²) in [5, 5.41) is 4.91. The summed E-state index contributed by atoms with van der Waals surface area (Å²) in [6.45, 7) is 1.80. The summed E-state index contributed by atoms with van der Waals surface area (Å²) in [5.41, 5.74) is 2.00. The smallest absolute Gasteiger partial charge is 0.267 e. The Kier molecular flexibility index (Phi) is 4.47. The van der Waals surface area contributed by atoms with Gasteiger partial charge in [-0.3, -0.25) is 9.10 Å². The van der Waals surface area contributed by atoms with Crippen molar-refractivity contribution >= 4 is 38.1 Å². The van der Waals surface area contributed by atoms with E-state index in [0.29, 0.717) is 17.1 Å². The number of aryl methyl sites for hydroxylation is 1. The van der Waals surface area contributed by atoms with Gasteiger partial charge in [-0.1, -0.05) is 36.4 Å². The number of sulfonamides is 1. The lowest BCUT2D eigenvalue weighted by Gasteiger charge is -2.34. The Morgan fingerprint density at radius 3 is 2.57 bits per heavy atom. The summed E-state index contributed by atoms with van der Waals surface area (Å²) in [6, 6.07) is 18.7. The van der Waals surface area contributed by atoms with E-state index < -0.39 is 22.0 Å². The molecule has 0 saturated carbocycles. The zero-order valence-electron chi connectivity index (χ0n) is 15.5. The monoisotopic (exact) mass is 396 g/mol. The van der Waals surface area contributed by atoms with Crippen molar-refractivity contribution in [3.8, 4) is 5.75 Å². The van der Waals surface area contributed by atoms with Gasteiger partial charge in [0.15, 0.2) is 6.10 Å². The van der Waals surface area contributed by atoms with Gasteiger partial charge in [0.2, 0.25) is 10.0 Å². The highest BCUT2D eigenvalue weighted by atomic mass is 32.2. The minimum absolute atomic E-state index is 0.0747. The third-order valence-corrected chi connectivity index (χ3v) is 5.84. The van der Waals surface area contributed by atoms with E-state index in [1.54, 1.807) is 12.1 Å². The second-order valence-electron chi connectivity index (χ2n) is 6.92. The van der Waals surface area contributed by atoms with E-state index in [1.807, 2.05) is 55.5 Å². The molecule has 1 atom stereocenters. The summed E-state index contributed by atoms with van der Waals surface area (Å²) < 4.78 is 31.6. The Balaban J connectivity index is 1.61. The van der Waals surface area contributed by atoms with Gasteiger partial charge in [-0.15, -0.1) is 0 Å². The third kappa shape index (κ3) is 3.53. The Labute approximate surface area is 163 Å². The van der Waals surface area contributed by atoms with E-state index in [-0.39, 0.29) is 6.54 Å². The van der Waals surface area contributed by atoms with Gasteiger partial charge in [0, 0.05) is 5.69 Å². The summed E-state index contributed by atoms with van der Waals surface area (Å²) in [6.07, 6.45) is 0.180. The van der Waals surface area contributed by atoms with Gasteiger partial charge in [0.25, 0.3) is 5.91 Å². The molecule has 3 aromatic rings. The largest absolute Gasteiger partial charge is 0.476 e. The van der Waals surface area contributed by atoms with Crippen molar-refractivity contribution in [1.82, 2.24) is 0 Å². The van der Waals surface area contributed by atoms with Gasteiger partial charge in [0.05, 0.1) is 18.5 Å². The van der Waals surface area contributed by atoms with Crippen molar-refractivity contribution in [3.63, 3.8) is 0 Å². The van der Waals surface area contributed by atoms with Crippen LogP contribution in [-0.2, 0) is 14.8 Å².